The van der Waals surface area contributed by atoms with Gasteiger partial charge in [0.25, 0.3) is 0 Å². The van der Waals surface area contributed by atoms with Gasteiger partial charge in [0.1, 0.15) is 0 Å². The molecule has 3 nitrogen and oxygen atoms in total. The first-order valence-electron chi connectivity index (χ1n) is 6.22. The normalized spacial score (nSPS) is 15.5. The van der Waals surface area contributed by atoms with Crippen molar-refractivity contribution in [3.63, 3.8) is 0 Å². The summed E-state index contributed by atoms with van der Waals surface area (Å²) in [7, 11) is -5.72. The largest absolute Gasteiger partial charge is 1.00 e. The smallest absolute Gasteiger partial charge is 0.748 e. The maximum absolute atomic E-state index is 13.2. The Bertz CT molecular complexity index is 619. The molecule has 27 heavy (non-hydrogen) atoms. The van der Waals surface area contributed by atoms with Gasteiger partial charge in [0.2, 0.25) is 0 Å². The molecule has 0 aromatic carbocycles. The molecule has 0 saturated carbocycles. The minimum atomic E-state index is -7.75. The van der Waals surface area contributed by atoms with Gasteiger partial charge in [-0.2, -0.15) is 52.7 Å². The molecule has 0 aromatic rings. The van der Waals surface area contributed by atoms with Crippen LogP contribution in [0.25, 0.3) is 0 Å². The van der Waals surface area contributed by atoms with E-state index in [1.807, 2.05) is 0 Å². The molecule has 158 valence electrons. The number of halogens is 12. The zero-order chi connectivity index (χ0) is 21.6. The van der Waals surface area contributed by atoms with Gasteiger partial charge in [-0.05, 0) is 0 Å². The number of hydrogen-bond acceptors (Lipinski definition) is 3. The minimum absolute atomic E-state index is 0. The van der Waals surface area contributed by atoms with Crippen molar-refractivity contribution in [2.45, 2.75) is 55.3 Å². The van der Waals surface area contributed by atoms with Gasteiger partial charge in [0, 0.05) is 18.6 Å². The van der Waals surface area contributed by atoms with Gasteiger partial charge in [0.15, 0.2) is 0 Å². The number of hydrogen-bond donors (Lipinski definition) is 0. The van der Waals surface area contributed by atoms with Crippen LogP contribution in [0.5, 0.6) is 0 Å². The van der Waals surface area contributed by atoms with Crippen LogP contribution in [0.2, 0.25) is 0 Å². The minimum Gasteiger partial charge on any atom is -0.748 e. The van der Waals surface area contributed by atoms with Gasteiger partial charge in [-0.25, -0.2) is 8.42 Å². The van der Waals surface area contributed by atoms with Crippen molar-refractivity contribution in [2.24, 2.45) is 0 Å². The van der Waals surface area contributed by atoms with E-state index in [0.717, 1.165) is 0 Å². The molecule has 0 N–H and O–H groups in total. The van der Waals surface area contributed by atoms with Crippen molar-refractivity contribution in [3.8, 4) is 0 Å². The summed E-state index contributed by atoms with van der Waals surface area (Å²) in [6.45, 7) is 0.105. The van der Waals surface area contributed by atoms with Crippen LogP contribution in [-0.4, -0.2) is 54.3 Å². The summed E-state index contributed by atoms with van der Waals surface area (Å²) < 4.78 is 188. The molecular weight excluding hydrogens is 451 g/mol. The predicted octanol–water partition coefficient (Wildman–Crippen LogP) is 1.15. The van der Waals surface area contributed by atoms with Crippen molar-refractivity contribution < 1.29 is 95.2 Å². The molecule has 0 saturated heterocycles. The van der Waals surface area contributed by atoms with Crippen molar-refractivity contribution in [2.75, 3.05) is 5.75 Å². The van der Waals surface area contributed by atoms with E-state index in [-0.39, 0.29) is 36.5 Å². The first-order chi connectivity index (χ1) is 11.0. The van der Waals surface area contributed by atoms with E-state index >= 15 is 0 Å². The first-order valence-corrected chi connectivity index (χ1v) is 7.80. The zero-order valence-electron chi connectivity index (χ0n) is 13.3. The quantitative estimate of drug-likeness (QED) is 0.295. The van der Waals surface area contributed by atoms with Crippen LogP contribution < -0.4 is 29.6 Å². The fraction of sp³-hybridized carbons (Fsp3) is 1.00. The summed E-state index contributed by atoms with van der Waals surface area (Å²) in [6.07, 6.45) is -5.19. The van der Waals surface area contributed by atoms with Gasteiger partial charge in [0.05, 0.1) is 10.1 Å². The summed E-state index contributed by atoms with van der Waals surface area (Å²) in [5.41, 5.74) is 0. The molecule has 0 atom stereocenters. The third-order valence-corrected chi connectivity index (χ3v) is 3.92. The van der Waals surface area contributed by atoms with E-state index in [4.69, 9.17) is 0 Å². The summed E-state index contributed by atoms with van der Waals surface area (Å²) in [5, 5.41) is 0. The Labute approximate surface area is 166 Å². The second-order valence-corrected chi connectivity index (χ2v) is 6.60. The molecule has 0 aliphatic heterocycles. The third kappa shape index (κ3) is 4.98. The molecule has 0 rings (SSSR count). The van der Waals surface area contributed by atoms with Crippen LogP contribution in [0.15, 0.2) is 0 Å². The van der Waals surface area contributed by atoms with E-state index in [1.54, 1.807) is 0 Å². The van der Waals surface area contributed by atoms with Crippen molar-refractivity contribution in [1.82, 2.24) is 0 Å². The van der Waals surface area contributed by atoms with Crippen LogP contribution in [0, 0.1) is 0 Å². The molecule has 0 fully saturated rings. The van der Waals surface area contributed by atoms with Crippen LogP contribution >= 0.6 is 0 Å². The molecule has 0 unspecified atom stereocenters. The molecule has 0 amide bonds. The molecule has 0 spiro atoms. The summed E-state index contributed by atoms with van der Waals surface area (Å²) in [4.78, 5) is 0. The maximum atomic E-state index is 13.2. The van der Waals surface area contributed by atoms with Crippen molar-refractivity contribution in [1.29, 1.82) is 0 Å². The van der Waals surface area contributed by atoms with Gasteiger partial charge in [-0.15, -0.1) is 0 Å². The van der Waals surface area contributed by atoms with E-state index in [9.17, 15) is 65.7 Å². The van der Waals surface area contributed by atoms with E-state index in [2.05, 4.69) is 0 Å². The van der Waals surface area contributed by atoms with Gasteiger partial charge in [-0.1, -0.05) is 6.92 Å². The molecule has 0 aliphatic carbocycles. The molecule has 0 radical (unpaired) electrons. The molecule has 0 heterocycles. The van der Waals surface area contributed by atoms with Crippen LogP contribution in [0.1, 0.15) is 19.8 Å². The second-order valence-electron chi connectivity index (χ2n) is 5.07. The fourth-order valence-electron chi connectivity index (χ4n) is 1.49. The van der Waals surface area contributed by atoms with E-state index in [1.165, 1.54) is 0 Å². The topological polar surface area (TPSA) is 57.2 Å². The molecule has 0 aliphatic rings. The van der Waals surface area contributed by atoms with Crippen LogP contribution in [0.4, 0.5) is 52.7 Å². The van der Waals surface area contributed by atoms with Crippen LogP contribution in [-0.2, 0) is 10.1 Å². The Morgan fingerprint density at radius 1 is 0.667 bits per heavy atom. The molecule has 0 bridgehead atoms. The van der Waals surface area contributed by atoms with Gasteiger partial charge >= 0.3 is 65.1 Å². The van der Waals surface area contributed by atoms with E-state index < -0.39 is 64.2 Å². The third-order valence-electron chi connectivity index (χ3n) is 3.21. The number of alkyl halides is 12. The second kappa shape index (κ2) is 8.07. The zero-order valence-corrected chi connectivity index (χ0v) is 16.1. The Hall–Kier alpha value is 0.0700. The molecule has 17 heteroatoms. The summed E-state index contributed by atoms with van der Waals surface area (Å²) >= 11 is 0. The maximum Gasteiger partial charge on any atom is 1.00 e. The summed E-state index contributed by atoms with van der Waals surface area (Å²) in [5.74, 6) is -44.9. The Kier molecular flexibility index (Phi) is 8.75. The molecular formula is C10H9F12NaO3S. The standard InChI is InChI=1S/C10H10F12O3S.Na/c1-2-5(11,12)7(15,16)9(19,20)10(21,22)8(17,18)6(13,14)3-4-26(23,24)25;/h2-4H2,1H3,(H,23,24,25);/q;+1/p-1. The Morgan fingerprint density at radius 2 is 0.963 bits per heavy atom. The SMILES string of the molecule is CCC(F)(F)C(F)(F)C(F)(F)C(F)(F)C(F)(F)C(F)(F)CCS(=O)(=O)[O-].[Na+]. The molecule has 0 aromatic heterocycles. The van der Waals surface area contributed by atoms with Crippen molar-refractivity contribution >= 4 is 10.1 Å². The summed E-state index contributed by atoms with van der Waals surface area (Å²) in [6, 6.07) is 0. The fourth-order valence-corrected chi connectivity index (χ4v) is 1.99. The average molecular weight is 460 g/mol. The van der Waals surface area contributed by atoms with Gasteiger partial charge < -0.3 is 4.55 Å². The average Bonchev–Trinajstić information content (AvgIpc) is 2.43. The van der Waals surface area contributed by atoms with Crippen molar-refractivity contribution in [3.05, 3.63) is 0 Å². The Balaban J connectivity index is 0. The van der Waals surface area contributed by atoms with Gasteiger partial charge in [-0.3, -0.25) is 0 Å². The predicted molar refractivity (Wildman–Crippen MR) is 59.2 cm³/mol. The Morgan fingerprint density at radius 3 is 1.22 bits per heavy atom. The monoisotopic (exact) mass is 460 g/mol. The first kappa shape index (κ1) is 29.3. The van der Waals surface area contributed by atoms with Crippen LogP contribution in [0.3, 0.4) is 0 Å². The number of rotatable bonds is 9. The van der Waals surface area contributed by atoms with E-state index in [0.29, 0.717) is 0 Å².